The van der Waals surface area contributed by atoms with Gasteiger partial charge in [0.1, 0.15) is 11.4 Å². The Labute approximate surface area is 107 Å². The average Bonchev–Trinajstić information content (AvgIpc) is 2.89. The molecule has 3 aliphatic rings. The normalized spacial score (nSPS) is 36.0. The minimum absolute atomic E-state index is 0.196. The van der Waals surface area contributed by atoms with E-state index >= 15 is 0 Å². The van der Waals surface area contributed by atoms with Crippen LogP contribution in [0.15, 0.2) is 17.6 Å². The molecule has 98 valence electrons. The maximum Gasteiger partial charge on any atom is 0.346 e. The molecule has 3 rings (SSSR count). The Bertz CT molecular complexity index is 419. The Morgan fingerprint density at radius 2 is 2.39 bits per heavy atom. The molecular weight excluding hydrogens is 228 g/mol. The van der Waals surface area contributed by atoms with Gasteiger partial charge in [0.15, 0.2) is 0 Å². The van der Waals surface area contributed by atoms with Crippen LogP contribution in [-0.4, -0.2) is 52.9 Å². The van der Waals surface area contributed by atoms with Crippen molar-refractivity contribution in [1.29, 1.82) is 0 Å². The highest BCUT2D eigenvalue weighted by Crippen LogP contribution is 2.39. The number of nitrogens with two attached hydrogens (primary N) is 1. The van der Waals surface area contributed by atoms with Crippen molar-refractivity contribution in [2.24, 2.45) is 10.7 Å². The minimum atomic E-state index is -0.337. The number of amides is 2. The third kappa shape index (κ3) is 1.50. The second-order valence-electron chi connectivity index (χ2n) is 5.50. The van der Waals surface area contributed by atoms with Crippen LogP contribution < -0.4 is 5.73 Å². The highest BCUT2D eigenvalue weighted by Gasteiger charge is 2.52. The third-order valence-corrected chi connectivity index (χ3v) is 4.64. The first-order valence-electron chi connectivity index (χ1n) is 6.68. The van der Waals surface area contributed by atoms with Crippen LogP contribution >= 0.6 is 0 Å². The van der Waals surface area contributed by atoms with Crippen molar-refractivity contribution in [2.45, 2.75) is 37.3 Å². The molecule has 2 atom stereocenters. The van der Waals surface area contributed by atoms with E-state index in [1.54, 1.807) is 6.08 Å². The van der Waals surface area contributed by atoms with E-state index in [4.69, 9.17) is 5.73 Å². The third-order valence-electron chi connectivity index (χ3n) is 4.64. The van der Waals surface area contributed by atoms with Gasteiger partial charge in [0.2, 0.25) is 0 Å². The van der Waals surface area contributed by atoms with Gasteiger partial charge in [-0.3, -0.25) is 0 Å². The molecule has 0 radical (unpaired) electrons. The molecule has 0 aromatic rings. The second-order valence-corrected chi connectivity index (χ2v) is 5.50. The van der Waals surface area contributed by atoms with Gasteiger partial charge in [0.25, 0.3) is 0 Å². The largest absolute Gasteiger partial charge is 0.385 e. The fourth-order valence-electron chi connectivity index (χ4n) is 3.69. The van der Waals surface area contributed by atoms with E-state index in [9.17, 15) is 4.79 Å². The number of rotatable bonds is 2. The second kappa shape index (κ2) is 4.09. The standard InChI is InChI=1S/C13H20N4O/c1-2-6-17-12(18)15-11(14)13(17)5-8-16-7-3-4-10(16)9-13/h2,10H,1,3-9H2,(H2,14,15,18). The van der Waals surface area contributed by atoms with E-state index in [0.29, 0.717) is 18.4 Å². The fraction of sp³-hybridized carbons (Fsp3) is 0.692. The smallest absolute Gasteiger partial charge is 0.346 e. The summed E-state index contributed by atoms with van der Waals surface area (Å²) in [5, 5.41) is 0. The van der Waals surface area contributed by atoms with Crippen molar-refractivity contribution >= 4 is 11.9 Å². The zero-order valence-corrected chi connectivity index (χ0v) is 10.6. The molecule has 1 spiro atoms. The zero-order valence-electron chi connectivity index (χ0n) is 10.6. The number of fused-ring (bicyclic) bond motifs is 1. The van der Waals surface area contributed by atoms with E-state index in [-0.39, 0.29) is 11.6 Å². The van der Waals surface area contributed by atoms with Crippen molar-refractivity contribution in [3.63, 3.8) is 0 Å². The Morgan fingerprint density at radius 1 is 1.56 bits per heavy atom. The van der Waals surface area contributed by atoms with Crippen molar-refractivity contribution in [3.05, 3.63) is 12.7 Å². The van der Waals surface area contributed by atoms with E-state index in [1.807, 2.05) is 4.90 Å². The van der Waals surface area contributed by atoms with Gasteiger partial charge in [-0.2, -0.15) is 4.99 Å². The number of carbonyl (C=O) groups excluding carboxylic acids is 1. The lowest BCUT2D eigenvalue weighted by molar-refractivity contribution is 0.0863. The number of aliphatic imine (C=N–C) groups is 1. The number of urea groups is 1. The maximum atomic E-state index is 11.9. The van der Waals surface area contributed by atoms with Gasteiger partial charge in [0.05, 0.1) is 0 Å². The SMILES string of the molecule is C=CCN1C(=O)N=C(N)C12CCN1CCCC1C2. The van der Waals surface area contributed by atoms with Gasteiger partial charge in [-0.1, -0.05) is 6.08 Å². The van der Waals surface area contributed by atoms with E-state index in [2.05, 4.69) is 16.5 Å². The molecule has 5 heteroatoms. The number of carbonyl (C=O) groups is 1. The first-order valence-corrected chi connectivity index (χ1v) is 6.68. The summed E-state index contributed by atoms with van der Waals surface area (Å²) in [4.78, 5) is 20.3. The summed E-state index contributed by atoms with van der Waals surface area (Å²) in [6.07, 6.45) is 6.06. The zero-order chi connectivity index (χ0) is 12.8. The van der Waals surface area contributed by atoms with Crippen LogP contribution in [0.3, 0.4) is 0 Å². The first kappa shape index (κ1) is 11.7. The monoisotopic (exact) mass is 248 g/mol. The number of hydrogen-bond acceptors (Lipinski definition) is 3. The van der Waals surface area contributed by atoms with E-state index in [1.165, 1.54) is 19.4 Å². The van der Waals surface area contributed by atoms with Gasteiger partial charge in [0, 0.05) is 19.1 Å². The molecule has 0 bridgehead atoms. The Kier molecular flexibility index (Phi) is 2.66. The molecule has 2 fully saturated rings. The molecule has 0 aliphatic carbocycles. The predicted octanol–water partition coefficient (Wildman–Crippen LogP) is 0.962. The molecule has 3 heterocycles. The van der Waals surface area contributed by atoms with Crippen LogP contribution in [0.2, 0.25) is 0 Å². The summed E-state index contributed by atoms with van der Waals surface area (Å²) < 4.78 is 0. The maximum absolute atomic E-state index is 11.9. The summed E-state index contributed by atoms with van der Waals surface area (Å²) in [6, 6.07) is 0.365. The van der Waals surface area contributed by atoms with Crippen LogP contribution in [0.4, 0.5) is 4.79 Å². The molecule has 0 aromatic carbocycles. The summed E-state index contributed by atoms with van der Waals surface area (Å²) >= 11 is 0. The van der Waals surface area contributed by atoms with Crippen LogP contribution in [0.1, 0.15) is 25.7 Å². The molecule has 18 heavy (non-hydrogen) atoms. The Hall–Kier alpha value is -1.36. The number of piperidine rings is 1. The Morgan fingerprint density at radius 3 is 3.17 bits per heavy atom. The topological polar surface area (TPSA) is 61.9 Å². The van der Waals surface area contributed by atoms with Gasteiger partial charge < -0.3 is 15.5 Å². The van der Waals surface area contributed by atoms with Gasteiger partial charge in [-0.15, -0.1) is 6.58 Å². The van der Waals surface area contributed by atoms with Gasteiger partial charge in [-0.25, -0.2) is 4.79 Å². The average molecular weight is 248 g/mol. The molecule has 0 saturated carbocycles. The number of hydrogen-bond donors (Lipinski definition) is 1. The summed E-state index contributed by atoms with van der Waals surface area (Å²) in [5.41, 5.74) is 5.74. The fourth-order valence-corrected chi connectivity index (χ4v) is 3.69. The lowest BCUT2D eigenvalue weighted by Crippen LogP contribution is -2.61. The molecule has 2 unspecified atom stereocenters. The van der Waals surface area contributed by atoms with Crippen molar-refractivity contribution < 1.29 is 4.79 Å². The molecule has 2 N–H and O–H groups in total. The van der Waals surface area contributed by atoms with Crippen LogP contribution in [0.5, 0.6) is 0 Å². The van der Waals surface area contributed by atoms with Gasteiger partial charge >= 0.3 is 6.03 Å². The Balaban J connectivity index is 1.89. The number of amidine groups is 1. The molecule has 2 amide bonds. The van der Waals surface area contributed by atoms with Crippen molar-refractivity contribution in [2.75, 3.05) is 19.6 Å². The quantitative estimate of drug-likeness (QED) is 0.740. The number of nitrogens with zero attached hydrogens (tertiary/aromatic N) is 3. The van der Waals surface area contributed by atoms with Crippen molar-refractivity contribution in [3.8, 4) is 0 Å². The predicted molar refractivity (Wildman–Crippen MR) is 70.5 cm³/mol. The van der Waals surface area contributed by atoms with Crippen LogP contribution in [0, 0.1) is 0 Å². The molecule has 2 saturated heterocycles. The first-order chi connectivity index (χ1) is 8.67. The lowest BCUT2D eigenvalue weighted by atomic mass is 9.81. The van der Waals surface area contributed by atoms with Crippen LogP contribution in [0.25, 0.3) is 0 Å². The molecule has 5 nitrogen and oxygen atoms in total. The minimum Gasteiger partial charge on any atom is -0.385 e. The van der Waals surface area contributed by atoms with E-state index < -0.39 is 0 Å². The molecule has 3 aliphatic heterocycles. The summed E-state index contributed by atoms with van der Waals surface area (Å²) in [5.74, 6) is 0.515. The van der Waals surface area contributed by atoms with Crippen molar-refractivity contribution in [1.82, 2.24) is 9.80 Å². The summed E-state index contributed by atoms with van der Waals surface area (Å²) in [6.45, 7) is 6.47. The molecule has 0 aromatic heterocycles. The lowest BCUT2D eigenvalue weighted by Gasteiger charge is -2.46. The van der Waals surface area contributed by atoms with Crippen LogP contribution in [-0.2, 0) is 0 Å². The summed E-state index contributed by atoms with van der Waals surface area (Å²) in [7, 11) is 0. The van der Waals surface area contributed by atoms with E-state index in [0.717, 1.165) is 19.4 Å². The van der Waals surface area contributed by atoms with Gasteiger partial charge in [-0.05, 0) is 32.2 Å². The molecular formula is C13H20N4O. The highest BCUT2D eigenvalue weighted by molar-refractivity contribution is 6.06. The highest BCUT2D eigenvalue weighted by atomic mass is 16.2.